The molecule has 0 fully saturated rings. The molecule has 0 amide bonds. The van der Waals surface area contributed by atoms with Gasteiger partial charge in [-0.25, -0.2) is 0 Å². The highest BCUT2D eigenvalue weighted by molar-refractivity contribution is 6.16. The van der Waals surface area contributed by atoms with E-state index in [4.69, 9.17) is 4.99 Å². The van der Waals surface area contributed by atoms with Gasteiger partial charge < -0.3 is 4.90 Å². The summed E-state index contributed by atoms with van der Waals surface area (Å²) in [5.41, 5.74) is 15.6. The van der Waals surface area contributed by atoms with Gasteiger partial charge in [0.25, 0.3) is 0 Å². The van der Waals surface area contributed by atoms with Crippen LogP contribution in [-0.2, 0) is 5.41 Å². The van der Waals surface area contributed by atoms with E-state index in [1.807, 2.05) is 6.07 Å². The van der Waals surface area contributed by atoms with E-state index in [0.717, 1.165) is 39.4 Å². The molecule has 0 spiro atoms. The van der Waals surface area contributed by atoms with Crippen molar-refractivity contribution >= 4 is 50.0 Å². The van der Waals surface area contributed by atoms with Crippen molar-refractivity contribution in [3.63, 3.8) is 0 Å². The summed E-state index contributed by atoms with van der Waals surface area (Å²) in [6.45, 7) is 8.92. The Balaban J connectivity index is 1.14. The second-order valence-corrected chi connectivity index (χ2v) is 14.5. The van der Waals surface area contributed by atoms with Gasteiger partial charge in [-0.15, -0.1) is 0 Å². The van der Waals surface area contributed by atoms with Gasteiger partial charge in [-0.1, -0.05) is 147 Å². The minimum atomic E-state index is 0.00297. The summed E-state index contributed by atoms with van der Waals surface area (Å²) < 4.78 is 0. The molecule has 0 radical (unpaired) electrons. The Bertz CT molecular complexity index is 2650. The number of nitrogens with zero attached hydrogens (tertiary/aromatic N) is 2. The lowest BCUT2D eigenvalue weighted by atomic mass is 9.82. The van der Waals surface area contributed by atoms with Crippen LogP contribution in [0.5, 0.6) is 0 Å². The summed E-state index contributed by atoms with van der Waals surface area (Å²) in [5.74, 6) is 0. The van der Waals surface area contributed by atoms with Gasteiger partial charge in [-0.05, 0) is 106 Å². The smallest absolute Gasteiger partial charge is 0.0740 e. The number of hydrogen-bond acceptors (Lipinski definition) is 2. The lowest BCUT2D eigenvalue weighted by Crippen LogP contribution is -2.14. The minimum Gasteiger partial charge on any atom is -0.310 e. The molecule has 1 aliphatic carbocycles. The number of aryl methyl sites for hydroxylation is 1. The summed E-state index contributed by atoms with van der Waals surface area (Å²) in [5, 5.41) is 4.77. The molecule has 52 heavy (non-hydrogen) atoms. The van der Waals surface area contributed by atoms with Crippen LogP contribution in [0.25, 0.3) is 43.8 Å². The van der Waals surface area contributed by atoms with Gasteiger partial charge in [-0.2, -0.15) is 0 Å². The van der Waals surface area contributed by atoms with Crippen molar-refractivity contribution in [1.82, 2.24) is 0 Å². The van der Waals surface area contributed by atoms with Crippen LogP contribution >= 0.6 is 0 Å². The number of fused-ring (bicyclic) bond motifs is 6. The summed E-state index contributed by atoms with van der Waals surface area (Å²) >= 11 is 0. The number of anilines is 3. The first-order valence-corrected chi connectivity index (χ1v) is 18.1. The standard InChI is InChI=1S/C50H40N2/c1-33-22-28-41-40-19-13-21-48(43(40)29-30-44(41)49(33)51-34(2)35-14-7-5-8-15-35)52(38-16-9-6-10-17-38)39-26-23-36(24-27-39)37-25-31-47-45(32-37)42-18-11-12-20-46(42)50(47,3)4/h5-32H,1-4H3. The average molecular weight is 669 g/mol. The first kappa shape index (κ1) is 31.7. The van der Waals surface area contributed by atoms with Crippen LogP contribution in [0.2, 0.25) is 0 Å². The molecule has 1 aliphatic rings. The number of aliphatic imine (C=N–C) groups is 1. The van der Waals surface area contributed by atoms with E-state index in [1.54, 1.807) is 0 Å². The van der Waals surface area contributed by atoms with E-state index < -0.39 is 0 Å². The first-order chi connectivity index (χ1) is 25.4. The number of benzene rings is 8. The van der Waals surface area contributed by atoms with Crippen molar-refractivity contribution in [2.75, 3.05) is 4.90 Å². The lowest BCUT2D eigenvalue weighted by Gasteiger charge is -2.27. The van der Waals surface area contributed by atoms with Gasteiger partial charge in [0.1, 0.15) is 0 Å². The maximum Gasteiger partial charge on any atom is 0.0740 e. The Morgan fingerprint density at radius 1 is 0.500 bits per heavy atom. The molecule has 9 rings (SSSR count). The number of hydrogen-bond donors (Lipinski definition) is 0. The SMILES string of the molecule is CC(=Nc1c(C)ccc2c1ccc1c(N(c3ccccc3)c3ccc(-c4ccc5c(c4)-c4ccccc4C5(C)C)cc3)cccc12)c1ccccc1. The van der Waals surface area contributed by atoms with E-state index in [-0.39, 0.29) is 5.41 Å². The molecule has 0 N–H and O–H groups in total. The third kappa shape index (κ3) is 5.22. The van der Waals surface area contributed by atoms with Crippen LogP contribution in [-0.4, -0.2) is 5.71 Å². The van der Waals surface area contributed by atoms with Crippen molar-refractivity contribution in [2.45, 2.75) is 33.1 Å². The number of rotatable bonds is 6. The van der Waals surface area contributed by atoms with Crippen molar-refractivity contribution in [3.8, 4) is 22.3 Å². The molecule has 0 saturated carbocycles. The highest BCUT2D eigenvalue weighted by atomic mass is 15.1. The molecule has 0 aliphatic heterocycles. The van der Waals surface area contributed by atoms with Crippen molar-refractivity contribution in [1.29, 1.82) is 0 Å². The van der Waals surface area contributed by atoms with Gasteiger partial charge in [0, 0.05) is 33.3 Å². The first-order valence-electron chi connectivity index (χ1n) is 18.1. The predicted octanol–water partition coefficient (Wildman–Crippen LogP) is 13.9. The van der Waals surface area contributed by atoms with Crippen LogP contribution in [0.1, 0.15) is 43.0 Å². The number of para-hydroxylation sites is 1. The van der Waals surface area contributed by atoms with Crippen molar-refractivity contribution < 1.29 is 0 Å². The van der Waals surface area contributed by atoms with E-state index in [0.29, 0.717) is 0 Å². The molecule has 0 atom stereocenters. The molecule has 0 unspecified atom stereocenters. The molecule has 0 saturated heterocycles. The Labute approximate surface area is 306 Å². The average Bonchev–Trinajstić information content (AvgIpc) is 3.42. The van der Waals surface area contributed by atoms with Crippen LogP contribution in [0.4, 0.5) is 22.7 Å². The fourth-order valence-electron chi connectivity index (χ4n) is 8.21. The van der Waals surface area contributed by atoms with Crippen LogP contribution in [0.3, 0.4) is 0 Å². The van der Waals surface area contributed by atoms with Gasteiger partial charge in [0.2, 0.25) is 0 Å². The Morgan fingerprint density at radius 3 is 1.90 bits per heavy atom. The van der Waals surface area contributed by atoms with E-state index >= 15 is 0 Å². The fraction of sp³-hybridized carbons (Fsp3) is 0.100. The molecule has 0 heterocycles. The highest BCUT2D eigenvalue weighted by Gasteiger charge is 2.35. The molecule has 8 aromatic rings. The molecule has 8 aromatic carbocycles. The van der Waals surface area contributed by atoms with E-state index in [9.17, 15) is 0 Å². The molecular weight excluding hydrogens is 629 g/mol. The second kappa shape index (κ2) is 12.5. The molecule has 2 heteroatoms. The zero-order valence-corrected chi connectivity index (χ0v) is 30.1. The van der Waals surface area contributed by atoms with E-state index in [2.05, 4.69) is 196 Å². The predicted molar refractivity (Wildman–Crippen MR) is 222 cm³/mol. The van der Waals surface area contributed by atoms with Crippen LogP contribution < -0.4 is 4.90 Å². The summed E-state index contributed by atoms with van der Waals surface area (Å²) in [6, 6.07) is 61.7. The molecule has 0 aromatic heterocycles. The molecular formula is C50H40N2. The third-order valence-electron chi connectivity index (χ3n) is 11.0. The maximum atomic E-state index is 5.19. The molecule has 250 valence electrons. The summed E-state index contributed by atoms with van der Waals surface area (Å²) in [4.78, 5) is 7.57. The minimum absolute atomic E-state index is 0.00297. The lowest BCUT2D eigenvalue weighted by molar-refractivity contribution is 0.660. The maximum absolute atomic E-state index is 5.19. The topological polar surface area (TPSA) is 15.6 Å². The Morgan fingerprint density at radius 2 is 1.12 bits per heavy atom. The fourth-order valence-corrected chi connectivity index (χ4v) is 8.21. The van der Waals surface area contributed by atoms with Crippen LogP contribution in [0.15, 0.2) is 175 Å². The van der Waals surface area contributed by atoms with E-state index in [1.165, 1.54) is 55.1 Å². The Hall–Kier alpha value is -6.25. The summed E-state index contributed by atoms with van der Waals surface area (Å²) in [7, 11) is 0. The zero-order chi connectivity index (χ0) is 35.4. The summed E-state index contributed by atoms with van der Waals surface area (Å²) in [6.07, 6.45) is 0. The highest BCUT2D eigenvalue weighted by Crippen LogP contribution is 2.50. The second-order valence-electron chi connectivity index (χ2n) is 14.5. The quantitative estimate of drug-likeness (QED) is 0.127. The van der Waals surface area contributed by atoms with Gasteiger partial charge in [0.15, 0.2) is 0 Å². The molecule has 2 nitrogen and oxygen atoms in total. The monoisotopic (exact) mass is 668 g/mol. The van der Waals surface area contributed by atoms with Crippen molar-refractivity contribution in [3.05, 3.63) is 192 Å². The van der Waals surface area contributed by atoms with Gasteiger partial charge >= 0.3 is 0 Å². The van der Waals surface area contributed by atoms with Crippen molar-refractivity contribution in [2.24, 2.45) is 4.99 Å². The van der Waals surface area contributed by atoms with Gasteiger partial charge in [0.05, 0.1) is 11.4 Å². The third-order valence-corrected chi connectivity index (χ3v) is 11.0. The zero-order valence-electron chi connectivity index (χ0n) is 30.1. The Kier molecular flexibility index (Phi) is 7.63. The largest absolute Gasteiger partial charge is 0.310 e. The van der Waals surface area contributed by atoms with Crippen LogP contribution in [0, 0.1) is 6.92 Å². The normalized spacial score (nSPS) is 13.3. The van der Waals surface area contributed by atoms with Gasteiger partial charge in [-0.3, -0.25) is 4.99 Å². The molecule has 0 bridgehead atoms.